The molecule has 0 atom stereocenters. The van der Waals surface area contributed by atoms with E-state index in [1.807, 2.05) is 35.7 Å². The average Bonchev–Trinajstić information content (AvgIpc) is 3.33. The minimum Gasteiger partial charge on any atom is -0.420 e. The van der Waals surface area contributed by atoms with Crippen LogP contribution in [-0.4, -0.2) is 48.0 Å². The summed E-state index contributed by atoms with van der Waals surface area (Å²) in [5.74, 6) is -0.192. The van der Waals surface area contributed by atoms with Crippen molar-refractivity contribution in [3.63, 3.8) is 0 Å². The van der Waals surface area contributed by atoms with Crippen LogP contribution < -0.4 is 9.80 Å². The maximum atomic E-state index is 12.9. The van der Waals surface area contributed by atoms with Crippen molar-refractivity contribution in [3.8, 4) is 11.3 Å². The summed E-state index contributed by atoms with van der Waals surface area (Å²) < 4.78 is 5.12. The molecule has 1 aliphatic heterocycles. The maximum absolute atomic E-state index is 12.9. The molecule has 4 rings (SSSR count). The Morgan fingerprint density at radius 3 is 2.65 bits per heavy atom. The van der Waals surface area contributed by atoms with Crippen LogP contribution in [-0.2, 0) is 9.53 Å². The topological polar surface area (TPSA) is 98.2 Å². The van der Waals surface area contributed by atoms with Gasteiger partial charge in [-0.1, -0.05) is 41.9 Å². The number of nitrogens with zero attached hydrogens (tertiary/aromatic N) is 3. The number of benzene rings is 1. The first kappa shape index (κ1) is 24.0. The molecule has 176 valence electrons. The molecule has 1 saturated heterocycles. The second-order valence-corrected chi connectivity index (χ2v) is 9.24. The number of nitrogens with one attached hydrogen (secondary N) is 1. The Kier molecular flexibility index (Phi) is 7.35. The lowest BCUT2D eigenvalue weighted by atomic mass is 9.96. The number of aromatic nitrogens is 2. The van der Waals surface area contributed by atoms with Gasteiger partial charge in [0.05, 0.1) is 31.0 Å². The molecule has 0 radical (unpaired) electrons. The van der Waals surface area contributed by atoms with Gasteiger partial charge in [-0.15, -0.1) is 11.3 Å². The number of rotatable bonds is 6. The number of ether oxygens (including phenoxy) is 1. The Bertz CT molecular complexity index is 1190. The van der Waals surface area contributed by atoms with Gasteiger partial charge in [-0.3, -0.25) is 10.1 Å². The van der Waals surface area contributed by atoms with Crippen molar-refractivity contribution in [1.82, 2.24) is 14.5 Å². The highest BCUT2D eigenvalue weighted by Gasteiger charge is 2.47. The molecule has 1 aliphatic rings. The summed E-state index contributed by atoms with van der Waals surface area (Å²) >= 11 is 7.87. The van der Waals surface area contributed by atoms with E-state index in [1.54, 1.807) is 6.92 Å². The van der Waals surface area contributed by atoms with Gasteiger partial charge < -0.3 is 9.53 Å². The number of anilines is 1. The number of hydrogen-bond donors (Lipinski definition) is 1. The molecule has 0 spiro atoms. The Morgan fingerprint density at radius 2 is 2.00 bits per heavy atom. The number of likely N-dealkylation sites (tertiary alicyclic amines) is 1. The standard InChI is InChI=1S/C24H23ClN4O4S/c1-2-33-24(32)29(10-8-16(14-30)9-11-29)21-19(25)12-18(13-26-21)22(31)28-23-27-20(15-34-23)17-6-4-3-5-7-17/h3-7,12-16H,2,8-11H2,1H3/p+1. The lowest BCUT2D eigenvalue weighted by Crippen LogP contribution is -2.59. The van der Waals surface area contributed by atoms with Gasteiger partial charge in [-0.2, -0.15) is 9.28 Å². The molecule has 2 aromatic heterocycles. The number of amides is 2. The van der Waals surface area contributed by atoms with Crippen LogP contribution in [0.1, 0.15) is 30.1 Å². The smallest absolute Gasteiger partial charge is 0.420 e. The number of hydrogen-bond acceptors (Lipinski definition) is 7. The van der Waals surface area contributed by atoms with E-state index in [1.165, 1.54) is 23.6 Å². The fraction of sp³-hybridized carbons (Fsp3) is 0.292. The summed E-state index contributed by atoms with van der Waals surface area (Å²) in [6, 6.07) is 11.2. The SMILES string of the molecule is CCOC(=O)[N+]1(c2ncc(C(=O)Nc3nc(-c4ccccc4)cs3)cc2Cl)CCC(C=O)CC1. The second kappa shape index (κ2) is 10.4. The fourth-order valence-corrected chi connectivity index (χ4v) is 5.05. The molecular weight excluding hydrogens is 476 g/mol. The van der Waals surface area contributed by atoms with Gasteiger partial charge >= 0.3 is 6.09 Å². The Labute approximate surface area is 206 Å². The normalized spacial score (nSPS) is 19.9. The van der Waals surface area contributed by atoms with Gasteiger partial charge in [-0.25, -0.2) is 9.97 Å². The minimum absolute atomic E-state index is 0.108. The summed E-state index contributed by atoms with van der Waals surface area (Å²) in [5.41, 5.74) is 1.97. The van der Waals surface area contributed by atoms with E-state index in [0.717, 1.165) is 17.5 Å². The van der Waals surface area contributed by atoms with Gasteiger partial charge in [0.1, 0.15) is 11.3 Å². The van der Waals surface area contributed by atoms with Crippen molar-refractivity contribution in [3.05, 3.63) is 58.6 Å². The predicted molar refractivity (Wildman–Crippen MR) is 132 cm³/mol. The first-order valence-electron chi connectivity index (χ1n) is 10.9. The zero-order valence-electron chi connectivity index (χ0n) is 18.6. The van der Waals surface area contributed by atoms with Crippen LogP contribution in [0.3, 0.4) is 0 Å². The van der Waals surface area contributed by atoms with E-state index in [9.17, 15) is 14.4 Å². The Balaban J connectivity index is 1.55. The molecule has 34 heavy (non-hydrogen) atoms. The summed E-state index contributed by atoms with van der Waals surface area (Å²) in [4.78, 5) is 45.8. The van der Waals surface area contributed by atoms with E-state index < -0.39 is 12.0 Å². The van der Waals surface area contributed by atoms with Gasteiger partial charge in [0.25, 0.3) is 11.7 Å². The van der Waals surface area contributed by atoms with Crippen LogP contribution >= 0.6 is 22.9 Å². The van der Waals surface area contributed by atoms with Crippen molar-refractivity contribution < 1.29 is 19.1 Å². The second-order valence-electron chi connectivity index (χ2n) is 7.97. The van der Waals surface area contributed by atoms with E-state index in [0.29, 0.717) is 36.9 Å². The molecule has 3 heterocycles. The maximum Gasteiger partial charge on any atom is 0.522 e. The fourth-order valence-electron chi connectivity index (χ4n) is 4.00. The lowest BCUT2D eigenvalue weighted by molar-refractivity contribution is -0.112. The van der Waals surface area contributed by atoms with Crippen LogP contribution in [0, 0.1) is 5.92 Å². The van der Waals surface area contributed by atoms with Crippen molar-refractivity contribution in [1.29, 1.82) is 0 Å². The van der Waals surface area contributed by atoms with Gasteiger partial charge in [0.2, 0.25) is 0 Å². The third-order valence-corrected chi connectivity index (χ3v) is 6.89. The number of thiazole rings is 1. The molecule has 1 N–H and O–H groups in total. The minimum atomic E-state index is -0.463. The molecule has 0 aliphatic carbocycles. The van der Waals surface area contributed by atoms with Crippen molar-refractivity contribution in [2.24, 2.45) is 5.92 Å². The predicted octanol–water partition coefficient (Wildman–Crippen LogP) is 5.18. The monoisotopic (exact) mass is 499 g/mol. The Morgan fingerprint density at radius 1 is 1.26 bits per heavy atom. The molecule has 3 aromatic rings. The number of pyridine rings is 1. The summed E-state index contributed by atoms with van der Waals surface area (Å²) in [6.45, 7) is 2.65. The van der Waals surface area contributed by atoms with E-state index in [2.05, 4.69) is 15.3 Å². The van der Waals surface area contributed by atoms with Gasteiger partial charge in [-0.05, 0) is 13.0 Å². The van der Waals surface area contributed by atoms with Crippen LogP contribution in [0.5, 0.6) is 0 Å². The number of quaternary nitrogens is 1. The zero-order valence-corrected chi connectivity index (χ0v) is 20.1. The number of piperidine rings is 1. The third-order valence-electron chi connectivity index (χ3n) is 5.86. The highest BCUT2D eigenvalue weighted by molar-refractivity contribution is 7.14. The third kappa shape index (κ3) is 4.86. The number of aldehydes is 1. The molecular formula is C24H24ClN4O4S+. The van der Waals surface area contributed by atoms with E-state index in [-0.39, 0.29) is 27.6 Å². The van der Waals surface area contributed by atoms with Crippen molar-refractivity contribution in [2.75, 3.05) is 25.0 Å². The molecule has 2 amide bonds. The first-order chi connectivity index (χ1) is 16.5. The Hall–Kier alpha value is -3.14. The van der Waals surface area contributed by atoms with Crippen molar-refractivity contribution in [2.45, 2.75) is 19.8 Å². The van der Waals surface area contributed by atoms with E-state index in [4.69, 9.17) is 16.3 Å². The molecule has 10 heteroatoms. The van der Waals surface area contributed by atoms with Crippen molar-refractivity contribution >= 4 is 52.2 Å². The molecule has 0 saturated carbocycles. The summed E-state index contributed by atoms with van der Waals surface area (Å²) in [7, 11) is 0. The highest BCUT2D eigenvalue weighted by atomic mass is 35.5. The largest absolute Gasteiger partial charge is 0.522 e. The van der Waals surface area contributed by atoms with E-state index >= 15 is 0 Å². The van der Waals surface area contributed by atoms with Gasteiger partial charge in [0.15, 0.2) is 5.13 Å². The van der Waals surface area contributed by atoms with Crippen LogP contribution in [0.15, 0.2) is 48.0 Å². The molecule has 0 bridgehead atoms. The van der Waals surface area contributed by atoms with Crippen LogP contribution in [0.4, 0.5) is 15.7 Å². The zero-order chi connectivity index (χ0) is 24.1. The number of carbonyl (C=O) groups is 3. The molecule has 1 fully saturated rings. The van der Waals surface area contributed by atoms with Crippen LogP contribution in [0.2, 0.25) is 5.02 Å². The molecule has 1 aromatic carbocycles. The van der Waals surface area contributed by atoms with Crippen LogP contribution in [0.25, 0.3) is 11.3 Å². The summed E-state index contributed by atoms with van der Waals surface area (Å²) in [6.07, 6.45) is 2.90. The van der Waals surface area contributed by atoms with Gasteiger partial charge in [0, 0.05) is 35.9 Å². The molecule has 0 unspecified atom stereocenters. The first-order valence-corrected chi connectivity index (χ1v) is 12.2. The average molecular weight is 500 g/mol. The molecule has 8 nitrogen and oxygen atoms in total. The number of halogens is 1. The lowest BCUT2D eigenvalue weighted by Gasteiger charge is -2.37. The highest BCUT2D eigenvalue weighted by Crippen LogP contribution is 2.36. The quantitative estimate of drug-likeness (QED) is 0.370. The number of carbonyl (C=O) groups excluding carboxylic acids is 3. The summed E-state index contributed by atoms with van der Waals surface area (Å²) in [5, 5.41) is 5.29.